The lowest BCUT2D eigenvalue weighted by atomic mass is 10.2. The van der Waals surface area contributed by atoms with Crippen molar-refractivity contribution in [1.82, 2.24) is 5.32 Å². The second-order valence-electron chi connectivity index (χ2n) is 3.56. The predicted molar refractivity (Wildman–Crippen MR) is 65.6 cm³/mol. The topological polar surface area (TPSA) is 52.9 Å². The third-order valence-corrected chi connectivity index (χ3v) is 3.29. The van der Waals surface area contributed by atoms with E-state index in [0.717, 1.165) is 4.90 Å². The highest BCUT2D eigenvalue weighted by molar-refractivity contribution is 7.99. The average Bonchev–Trinajstić information content (AvgIpc) is 2.37. The molecular formula is C12H11F3N2OS. The third-order valence-electron chi connectivity index (χ3n) is 2.13. The summed E-state index contributed by atoms with van der Waals surface area (Å²) >= 11 is 1.38. The zero-order valence-corrected chi connectivity index (χ0v) is 10.6. The molecule has 19 heavy (non-hydrogen) atoms. The van der Waals surface area contributed by atoms with Gasteiger partial charge in [0.1, 0.15) is 6.07 Å². The monoisotopic (exact) mass is 288 g/mol. The molecule has 0 aliphatic carbocycles. The van der Waals surface area contributed by atoms with Gasteiger partial charge in [0.05, 0.1) is 5.56 Å². The first-order valence-electron chi connectivity index (χ1n) is 5.42. The summed E-state index contributed by atoms with van der Waals surface area (Å²) in [5.74, 6) is -1.40. The van der Waals surface area contributed by atoms with Crippen LogP contribution in [-0.2, 0) is 4.79 Å². The summed E-state index contributed by atoms with van der Waals surface area (Å²) in [6.07, 6.45) is -4.44. The number of halogens is 3. The van der Waals surface area contributed by atoms with Gasteiger partial charge in [-0.2, -0.15) is 18.4 Å². The summed E-state index contributed by atoms with van der Waals surface area (Å²) in [5.41, 5.74) is 0.534. The van der Waals surface area contributed by atoms with Gasteiger partial charge < -0.3 is 5.32 Å². The molecule has 0 aliphatic rings. The molecule has 0 atom stereocenters. The van der Waals surface area contributed by atoms with Crippen LogP contribution >= 0.6 is 11.8 Å². The van der Waals surface area contributed by atoms with Gasteiger partial charge in [0.2, 0.25) is 0 Å². The van der Waals surface area contributed by atoms with Gasteiger partial charge in [-0.25, -0.2) is 0 Å². The van der Waals surface area contributed by atoms with Crippen molar-refractivity contribution >= 4 is 17.7 Å². The Morgan fingerprint density at radius 1 is 1.37 bits per heavy atom. The summed E-state index contributed by atoms with van der Waals surface area (Å²) in [7, 11) is 0. The molecule has 1 aromatic carbocycles. The fourth-order valence-electron chi connectivity index (χ4n) is 1.24. The van der Waals surface area contributed by atoms with E-state index in [4.69, 9.17) is 5.26 Å². The first kappa shape index (κ1) is 15.4. The van der Waals surface area contributed by atoms with Crippen LogP contribution in [0.5, 0.6) is 0 Å². The quantitative estimate of drug-likeness (QED) is 0.669. The molecule has 0 aliphatic heterocycles. The number of carbonyl (C=O) groups excluding carboxylic acids is 1. The van der Waals surface area contributed by atoms with E-state index in [1.807, 2.05) is 6.07 Å². The Balaban J connectivity index is 2.29. The van der Waals surface area contributed by atoms with Crippen LogP contribution in [0.3, 0.4) is 0 Å². The number of alkyl halides is 3. The fourth-order valence-corrected chi connectivity index (χ4v) is 2.19. The molecule has 0 saturated carbocycles. The summed E-state index contributed by atoms with van der Waals surface area (Å²) in [5, 5.41) is 10.6. The van der Waals surface area contributed by atoms with E-state index in [-0.39, 0.29) is 6.54 Å². The zero-order valence-electron chi connectivity index (χ0n) is 9.83. The largest absolute Gasteiger partial charge is 0.471 e. The number of nitriles is 1. The van der Waals surface area contributed by atoms with Crippen molar-refractivity contribution in [2.75, 3.05) is 12.3 Å². The molecule has 0 saturated heterocycles. The van der Waals surface area contributed by atoms with Gasteiger partial charge in [0, 0.05) is 11.4 Å². The molecule has 0 unspecified atom stereocenters. The molecule has 3 nitrogen and oxygen atoms in total. The Kier molecular flexibility index (Phi) is 5.70. The maximum atomic E-state index is 11.9. The normalized spacial score (nSPS) is 10.8. The number of nitrogens with zero attached hydrogens (tertiary/aromatic N) is 1. The van der Waals surface area contributed by atoms with Gasteiger partial charge in [0.15, 0.2) is 0 Å². The van der Waals surface area contributed by atoms with Crippen LogP contribution in [-0.4, -0.2) is 24.4 Å². The van der Waals surface area contributed by atoms with Crippen molar-refractivity contribution in [1.29, 1.82) is 5.26 Å². The number of nitrogens with one attached hydrogen (secondary N) is 1. The maximum absolute atomic E-state index is 11.9. The van der Waals surface area contributed by atoms with Crippen LogP contribution in [0, 0.1) is 11.3 Å². The lowest BCUT2D eigenvalue weighted by Gasteiger charge is -2.07. The summed E-state index contributed by atoms with van der Waals surface area (Å²) in [6.45, 7) is -0.0416. The number of amides is 1. The molecule has 1 amide bonds. The third kappa shape index (κ3) is 5.22. The Morgan fingerprint density at radius 3 is 2.68 bits per heavy atom. The number of hydrogen-bond acceptors (Lipinski definition) is 3. The van der Waals surface area contributed by atoms with E-state index in [0.29, 0.717) is 17.7 Å². The van der Waals surface area contributed by atoms with Crippen molar-refractivity contribution in [3.05, 3.63) is 29.8 Å². The molecule has 0 bridgehead atoms. The van der Waals surface area contributed by atoms with Crippen molar-refractivity contribution in [2.45, 2.75) is 17.5 Å². The number of rotatable bonds is 5. The van der Waals surface area contributed by atoms with E-state index in [2.05, 4.69) is 0 Å². The van der Waals surface area contributed by atoms with Crippen molar-refractivity contribution in [2.24, 2.45) is 0 Å². The second-order valence-corrected chi connectivity index (χ2v) is 4.70. The predicted octanol–water partition coefficient (Wildman–Crippen LogP) is 2.72. The van der Waals surface area contributed by atoms with Gasteiger partial charge in [-0.3, -0.25) is 4.79 Å². The zero-order chi connectivity index (χ0) is 14.3. The standard InChI is InChI=1S/C12H11F3N2OS/c13-12(14,15)11(18)17-6-3-7-19-10-5-2-1-4-9(10)8-16/h1-2,4-5H,3,6-7H2,(H,17,18). The van der Waals surface area contributed by atoms with Crippen molar-refractivity contribution < 1.29 is 18.0 Å². The molecule has 0 heterocycles. The van der Waals surface area contributed by atoms with Gasteiger partial charge in [-0.05, 0) is 24.3 Å². The van der Waals surface area contributed by atoms with E-state index >= 15 is 0 Å². The highest BCUT2D eigenvalue weighted by Crippen LogP contribution is 2.22. The van der Waals surface area contributed by atoms with Crippen LogP contribution in [0.1, 0.15) is 12.0 Å². The van der Waals surface area contributed by atoms with E-state index in [9.17, 15) is 18.0 Å². The maximum Gasteiger partial charge on any atom is 0.471 e. The molecular weight excluding hydrogens is 277 g/mol. The lowest BCUT2D eigenvalue weighted by molar-refractivity contribution is -0.173. The Labute approximate surface area is 112 Å². The SMILES string of the molecule is N#Cc1ccccc1SCCCNC(=O)C(F)(F)F. The Bertz CT molecular complexity index is 483. The molecule has 1 N–H and O–H groups in total. The number of carbonyl (C=O) groups is 1. The number of hydrogen-bond donors (Lipinski definition) is 1. The first-order chi connectivity index (χ1) is 8.95. The smallest absolute Gasteiger partial charge is 0.348 e. The Hall–Kier alpha value is -1.68. The molecule has 102 valence electrons. The minimum Gasteiger partial charge on any atom is -0.348 e. The Morgan fingerprint density at radius 2 is 2.05 bits per heavy atom. The van der Waals surface area contributed by atoms with E-state index in [1.165, 1.54) is 11.8 Å². The lowest BCUT2D eigenvalue weighted by Crippen LogP contribution is -2.37. The first-order valence-corrected chi connectivity index (χ1v) is 6.40. The van der Waals surface area contributed by atoms with Gasteiger partial charge in [-0.15, -0.1) is 11.8 Å². The fraction of sp³-hybridized carbons (Fsp3) is 0.333. The highest BCUT2D eigenvalue weighted by Gasteiger charge is 2.38. The average molecular weight is 288 g/mol. The molecule has 1 aromatic rings. The molecule has 0 fully saturated rings. The minimum atomic E-state index is -4.83. The number of thioether (sulfide) groups is 1. The molecule has 1 rings (SSSR count). The second kappa shape index (κ2) is 7.04. The summed E-state index contributed by atoms with van der Waals surface area (Å²) in [6, 6.07) is 9.01. The van der Waals surface area contributed by atoms with E-state index in [1.54, 1.807) is 29.6 Å². The summed E-state index contributed by atoms with van der Waals surface area (Å²) in [4.78, 5) is 11.3. The number of benzene rings is 1. The minimum absolute atomic E-state index is 0.0416. The van der Waals surface area contributed by atoms with Crippen LogP contribution < -0.4 is 5.32 Å². The van der Waals surface area contributed by atoms with Crippen LogP contribution in [0.15, 0.2) is 29.2 Å². The van der Waals surface area contributed by atoms with E-state index < -0.39 is 12.1 Å². The molecule has 7 heteroatoms. The van der Waals surface area contributed by atoms with Gasteiger partial charge in [-0.1, -0.05) is 12.1 Å². The summed E-state index contributed by atoms with van der Waals surface area (Å²) < 4.78 is 35.6. The van der Waals surface area contributed by atoms with Crippen LogP contribution in [0.4, 0.5) is 13.2 Å². The van der Waals surface area contributed by atoms with Crippen molar-refractivity contribution in [3.8, 4) is 6.07 Å². The molecule has 0 aromatic heterocycles. The van der Waals surface area contributed by atoms with Gasteiger partial charge >= 0.3 is 12.1 Å². The highest BCUT2D eigenvalue weighted by atomic mass is 32.2. The molecule has 0 radical (unpaired) electrons. The molecule has 0 spiro atoms. The van der Waals surface area contributed by atoms with Crippen LogP contribution in [0.25, 0.3) is 0 Å². The van der Waals surface area contributed by atoms with Crippen molar-refractivity contribution in [3.63, 3.8) is 0 Å². The van der Waals surface area contributed by atoms with Gasteiger partial charge in [0.25, 0.3) is 0 Å². The van der Waals surface area contributed by atoms with Crippen LogP contribution in [0.2, 0.25) is 0 Å².